The zero-order chi connectivity index (χ0) is 15.7. The first-order chi connectivity index (χ1) is 8.34. The van der Waals surface area contributed by atoms with E-state index in [9.17, 15) is 30.7 Å². The Kier molecular flexibility index (Phi) is 5.42. The van der Waals surface area contributed by atoms with Crippen molar-refractivity contribution in [3.8, 4) is 0 Å². The van der Waals surface area contributed by atoms with Gasteiger partial charge < -0.3 is 13.3 Å². The maximum Gasteiger partial charge on any atom is 0.509 e. The molecule has 19 heavy (non-hydrogen) atoms. The van der Waals surface area contributed by atoms with Gasteiger partial charge in [-0.15, -0.1) is 0 Å². The van der Waals surface area contributed by atoms with Gasteiger partial charge in [0, 0.05) is 21.3 Å². The fourth-order valence-electron chi connectivity index (χ4n) is 1.46. The van der Waals surface area contributed by atoms with Gasteiger partial charge in [0.1, 0.15) is 0 Å². The van der Waals surface area contributed by atoms with Gasteiger partial charge in [-0.05, 0) is 0 Å². The van der Waals surface area contributed by atoms with Crippen LogP contribution in [0.3, 0.4) is 0 Å². The summed E-state index contributed by atoms with van der Waals surface area (Å²) in [7, 11) is -1.88. The lowest BCUT2D eigenvalue weighted by Crippen LogP contribution is -2.61. The average molecular weight is 318 g/mol. The van der Waals surface area contributed by atoms with Crippen molar-refractivity contribution < 1.29 is 44.0 Å². The normalized spacial score (nSPS) is 16.6. The van der Waals surface area contributed by atoms with E-state index in [4.69, 9.17) is 0 Å². The van der Waals surface area contributed by atoms with Crippen LogP contribution in [0.2, 0.25) is 5.54 Å². The van der Waals surface area contributed by atoms with Crippen molar-refractivity contribution in [1.82, 2.24) is 0 Å². The molecular formula is C8H13F7O3Si. The molecule has 0 saturated heterocycles. The Balaban J connectivity index is 5.65. The Morgan fingerprint density at radius 1 is 0.789 bits per heavy atom. The third-order valence-corrected chi connectivity index (χ3v) is 5.83. The fourth-order valence-corrected chi connectivity index (χ4v) is 3.65. The summed E-state index contributed by atoms with van der Waals surface area (Å²) in [5, 5.41) is 0. The highest BCUT2D eigenvalue weighted by molar-refractivity contribution is 6.62. The predicted molar refractivity (Wildman–Crippen MR) is 52.2 cm³/mol. The van der Waals surface area contributed by atoms with E-state index in [0.29, 0.717) is 6.92 Å². The van der Waals surface area contributed by atoms with Crippen LogP contribution >= 0.6 is 0 Å². The largest absolute Gasteiger partial charge is 0.509 e. The third-order valence-electron chi connectivity index (χ3n) is 2.70. The van der Waals surface area contributed by atoms with Crippen molar-refractivity contribution in [2.75, 3.05) is 21.3 Å². The molecule has 11 heteroatoms. The second-order valence-electron chi connectivity index (χ2n) is 3.63. The van der Waals surface area contributed by atoms with Gasteiger partial charge in [-0.3, -0.25) is 0 Å². The van der Waals surface area contributed by atoms with Crippen molar-refractivity contribution in [3.05, 3.63) is 0 Å². The van der Waals surface area contributed by atoms with Crippen molar-refractivity contribution in [2.45, 2.75) is 30.5 Å². The smallest absolute Gasteiger partial charge is 0.377 e. The van der Waals surface area contributed by atoms with Crippen molar-refractivity contribution in [3.63, 3.8) is 0 Å². The minimum Gasteiger partial charge on any atom is -0.377 e. The summed E-state index contributed by atoms with van der Waals surface area (Å²) in [5.74, 6) is -11.7. The molecule has 1 unspecified atom stereocenters. The lowest BCUT2D eigenvalue weighted by atomic mass is 10.1. The molecule has 0 aliphatic carbocycles. The molecule has 116 valence electrons. The van der Waals surface area contributed by atoms with Crippen LogP contribution < -0.4 is 0 Å². The van der Waals surface area contributed by atoms with Crippen LogP contribution in [0.5, 0.6) is 0 Å². The van der Waals surface area contributed by atoms with Gasteiger partial charge in [-0.25, -0.2) is 0 Å². The van der Waals surface area contributed by atoms with E-state index in [0.717, 1.165) is 21.3 Å². The lowest BCUT2D eigenvalue weighted by molar-refractivity contribution is -0.356. The lowest BCUT2D eigenvalue weighted by Gasteiger charge is -2.38. The molecule has 0 saturated carbocycles. The highest BCUT2D eigenvalue weighted by Crippen LogP contribution is 2.54. The number of alkyl halides is 7. The summed E-state index contributed by atoms with van der Waals surface area (Å²) in [6, 6.07) is 0. The van der Waals surface area contributed by atoms with Gasteiger partial charge in [0.05, 0.1) is 5.54 Å². The Labute approximate surface area is 106 Å². The Hall–Kier alpha value is -0.393. The first-order valence-electron chi connectivity index (χ1n) is 4.81. The molecule has 0 aromatic rings. The summed E-state index contributed by atoms with van der Waals surface area (Å²) in [6.45, 7) is 0.461. The molecule has 0 bridgehead atoms. The van der Waals surface area contributed by atoms with E-state index >= 15 is 0 Å². The fraction of sp³-hybridized carbons (Fsp3) is 1.00. The molecule has 0 spiro atoms. The topological polar surface area (TPSA) is 27.7 Å². The summed E-state index contributed by atoms with van der Waals surface area (Å²) in [5.41, 5.74) is -2.60. The average Bonchev–Trinajstić information content (AvgIpc) is 2.30. The van der Waals surface area contributed by atoms with Crippen molar-refractivity contribution in [1.29, 1.82) is 0 Å². The third kappa shape index (κ3) is 2.88. The zero-order valence-electron chi connectivity index (χ0n) is 10.4. The van der Waals surface area contributed by atoms with Gasteiger partial charge in [0.2, 0.25) is 0 Å². The number of halogens is 7. The molecule has 0 radical (unpaired) electrons. The molecule has 0 aromatic carbocycles. The van der Waals surface area contributed by atoms with Crippen LogP contribution in [0, 0.1) is 0 Å². The Morgan fingerprint density at radius 2 is 1.11 bits per heavy atom. The highest BCUT2D eigenvalue weighted by Gasteiger charge is 2.78. The van der Waals surface area contributed by atoms with Crippen molar-refractivity contribution >= 4 is 8.80 Å². The Bertz CT molecular complexity index is 295. The van der Waals surface area contributed by atoms with Gasteiger partial charge >= 0.3 is 26.8 Å². The van der Waals surface area contributed by atoms with Crippen LogP contribution in [-0.4, -0.2) is 48.2 Å². The van der Waals surface area contributed by atoms with Gasteiger partial charge in [-0.1, -0.05) is 6.92 Å². The van der Waals surface area contributed by atoms with E-state index in [1.54, 1.807) is 0 Å². The minimum absolute atomic E-state index is 0.461. The summed E-state index contributed by atoms with van der Waals surface area (Å²) >= 11 is 0. The molecule has 3 nitrogen and oxygen atoms in total. The number of rotatable bonds is 6. The standard InChI is InChI=1S/C8H13F7O3Si/c1-5(19(16-2,17-3)18-4)6(9,10)7(11,12)8(13,14)15/h5H,1-4H3. The van der Waals surface area contributed by atoms with E-state index < -0.39 is 32.4 Å². The first kappa shape index (κ1) is 18.6. The molecule has 0 aromatic heterocycles. The molecule has 1 atom stereocenters. The summed E-state index contributed by atoms with van der Waals surface area (Å²) < 4.78 is 102. The predicted octanol–water partition coefficient (Wildman–Crippen LogP) is 3.09. The summed E-state index contributed by atoms with van der Waals surface area (Å²) in [6.07, 6.45) is -6.40. The monoisotopic (exact) mass is 318 g/mol. The van der Waals surface area contributed by atoms with Crippen molar-refractivity contribution in [2.24, 2.45) is 0 Å². The maximum atomic E-state index is 13.5. The summed E-state index contributed by atoms with van der Waals surface area (Å²) in [4.78, 5) is 0. The second-order valence-corrected chi connectivity index (χ2v) is 6.93. The molecule has 0 aliphatic heterocycles. The van der Waals surface area contributed by atoms with E-state index in [1.807, 2.05) is 0 Å². The highest BCUT2D eigenvalue weighted by atomic mass is 28.4. The molecule has 0 amide bonds. The number of hydrogen-bond acceptors (Lipinski definition) is 3. The molecule has 0 N–H and O–H groups in total. The van der Waals surface area contributed by atoms with Gasteiger partial charge in [0.15, 0.2) is 0 Å². The molecule has 0 heterocycles. The van der Waals surface area contributed by atoms with E-state index in [-0.39, 0.29) is 0 Å². The van der Waals surface area contributed by atoms with E-state index in [1.165, 1.54) is 0 Å². The second kappa shape index (κ2) is 5.54. The van der Waals surface area contributed by atoms with Gasteiger partial charge in [-0.2, -0.15) is 30.7 Å². The first-order valence-corrected chi connectivity index (χ1v) is 6.62. The molecular weight excluding hydrogens is 305 g/mol. The van der Waals surface area contributed by atoms with Crippen LogP contribution in [0.15, 0.2) is 0 Å². The quantitative estimate of drug-likeness (QED) is 0.556. The maximum absolute atomic E-state index is 13.5. The number of hydrogen-bond donors (Lipinski definition) is 0. The zero-order valence-corrected chi connectivity index (χ0v) is 11.4. The molecule has 0 rings (SSSR count). The SMILES string of the molecule is CO[Si](OC)(OC)C(C)C(F)(F)C(F)(F)C(F)(F)F. The molecule has 0 aliphatic rings. The molecule has 0 fully saturated rings. The van der Waals surface area contributed by atoms with Gasteiger partial charge in [0.25, 0.3) is 0 Å². The van der Waals surface area contributed by atoms with Crippen LogP contribution in [0.1, 0.15) is 6.92 Å². The van der Waals surface area contributed by atoms with E-state index in [2.05, 4.69) is 13.3 Å². The van der Waals surface area contributed by atoms with Crippen LogP contribution in [0.25, 0.3) is 0 Å². The Morgan fingerprint density at radius 3 is 1.32 bits per heavy atom. The van der Waals surface area contributed by atoms with Crippen LogP contribution in [-0.2, 0) is 13.3 Å². The van der Waals surface area contributed by atoms with Crippen LogP contribution in [0.4, 0.5) is 30.7 Å². The minimum atomic E-state index is -6.40.